The number of amides is 2. The Hall–Kier alpha value is -1.89. The summed E-state index contributed by atoms with van der Waals surface area (Å²) < 4.78 is 5.92. The maximum Gasteiger partial charge on any atom is 0.302 e. The Morgan fingerprint density at radius 1 is 0.907 bits per heavy atom. The average molecular weight is 598 g/mol. The molecule has 43 heavy (non-hydrogen) atoms. The van der Waals surface area contributed by atoms with E-state index < -0.39 is 0 Å². The van der Waals surface area contributed by atoms with E-state index in [0.717, 1.165) is 51.4 Å². The molecule has 0 heterocycles. The van der Waals surface area contributed by atoms with Crippen LogP contribution in [-0.2, 0) is 19.1 Å². The van der Waals surface area contributed by atoms with Crippen LogP contribution in [0.15, 0.2) is 11.6 Å². The number of nitrogens with two attached hydrogens (primary N) is 1. The van der Waals surface area contributed by atoms with Crippen molar-refractivity contribution in [3.8, 4) is 0 Å². The molecule has 0 aliphatic heterocycles. The van der Waals surface area contributed by atoms with E-state index in [1.54, 1.807) is 12.5 Å². The van der Waals surface area contributed by atoms with Gasteiger partial charge in [0.05, 0.1) is 12.0 Å². The fourth-order valence-electron chi connectivity index (χ4n) is 11.9. The van der Waals surface area contributed by atoms with Gasteiger partial charge in [0.1, 0.15) is 6.10 Å². The summed E-state index contributed by atoms with van der Waals surface area (Å²) in [5.41, 5.74) is 6.95. The zero-order valence-electron chi connectivity index (χ0n) is 28.2. The molecule has 5 aliphatic carbocycles. The molecule has 7 nitrogen and oxygen atoms in total. The van der Waals surface area contributed by atoms with E-state index in [4.69, 9.17) is 10.5 Å². The Morgan fingerprint density at radius 2 is 1.60 bits per heavy atom. The summed E-state index contributed by atoms with van der Waals surface area (Å²) in [6, 6.07) is 0. The first-order valence-electron chi connectivity index (χ1n) is 17.2. The summed E-state index contributed by atoms with van der Waals surface area (Å²) in [5.74, 6) is 2.15. The molecule has 5 aliphatic rings. The lowest BCUT2D eigenvalue weighted by molar-refractivity contribution is -0.212. The minimum Gasteiger partial charge on any atom is -0.462 e. The van der Waals surface area contributed by atoms with Crippen LogP contribution >= 0.6 is 0 Å². The van der Waals surface area contributed by atoms with Crippen molar-refractivity contribution in [1.82, 2.24) is 10.6 Å². The minimum absolute atomic E-state index is 0.0141. The van der Waals surface area contributed by atoms with Crippen LogP contribution in [0, 0.1) is 56.7 Å². The van der Waals surface area contributed by atoms with Crippen molar-refractivity contribution in [3.63, 3.8) is 0 Å². The van der Waals surface area contributed by atoms with Crippen molar-refractivity contribution in [2.45, 2.75) is 119 Å². The fourth-order valence-corrected chi connectivity index (χ4v) is 11.9. The molecule has 5 rings (SSSR count). The Morgan fingerprint density at radius 3 is 2.28 bits per heavy atom. The second-order valence-corrected chi connectivity index (χ2v) is 16.6. The lowest BCUT2D eigenvalue weighted by Gasteiger charge is -2.71. The third-order valence-corrected chi connectivity index (χ3v) is 14.6. The first kappa shape index (κ1) is 32.5. The highest BCUT2D eigenvalue weighted by atomic mass is 16.5. The van der Waals surface area contributed by atoms with Gasteiger partial charge in [-0.05, 0) is 104 Å². The number of carbonyl (C=O) groups excluding carboxylic acids is 3. The van der Waals surface area contributed by atoms with E-state index >= 15 is 0 Å². The zero-order valence-corrected chi connectivity index (χ0v) is 28.2. The number of fused-ring (bicyclic) bond motifs is 7. The van der Waals surface area contributed by atoms with E-state index in [0.29, 0.717) is 36.8 Å². The summed E-state index contributed by atoms with van der Waals surface area (Å²) in [6.45, 7) is 19.5. The molecule has 4 N–H and O–H groups in total. The molecule has 0 aromatic rings. The Bertz CT molecular complexity index is 1170. The van der Waals surface area contributed by atoms with Crippen LogP contribution in [-0.4, -0.2) is 43.5 Å². The van der Waals surface area contributed by atoms with Gasteiger partial charge >= 0.3 is 5.97 Å². The normalized spacial score (nSPS) is 44.8. The van der Waals surface area contributed by atoms with Gasteiger partial charge in [-0.3, -0.25) is 14.4 Å². The van der Waals surface area contributed by atoms with Crippen LogP contribution in [0.2, 0.25) is 0 Å². The summed E-state index contributed by atoms with van der Waals surface area (Å²) in [7, 11) is 0. The molecule has 0 aromatic carbocycles. The highest BCUT2D eigenvalue weighted by Gasteiger charge is 2.69. The summed E-state index contributed by atoms with van der Waals surface area (Å²) in [5, 5.41) is 6.04. The number of esters is 1. The maximum absolute atomic E-state index is 14.2. The van der Waals surface area contributed by atoms with Gasteiger partial charge < -0.3 is 21.1 Å². The lowest BCUT2D eigenvalue weighted by Crippen LogP contribution is -2.66. The number of rotatable bonds is 6. The van der Waals surface area contributed by atoms with Gasteiger partial charge in [-0.25, -0.2) is 0 Å². The van der Waals surface area contributed by atoms with Crippen molar-refractivity contribution in [2.75, 3.05) is 19.6 Å². The molecule has 10 atom stereocenters. The second-order valence-electron chi connectivity index (χ2n) is 16.6. The van der Waals surface area contributed by atoms with E-state index in [1.807, 2.05) is 0 Å². The van der Waals surface area contributed by atoms with E-state index in [9.17, 15) is 14.4 Å². The van der Waals surface area contributed by atoms with Crippen molar-refractivity contribution >= 4 is 17.8 Å². The van der Waals surface area contributed by atoms with Crippen molar-refractivity contribution in [2.24, 2.45) is 62.4 Å². The molecule has 0 radical (unpaired) electrons. The molecule has 4 fully saturated rings. The number of nitrogens with one attached hydrogen (secondary N) is 2. The van der Waals surface area contributed by atoms with E-state index in [1.165, 1.54) is 6.42 Å². The number of carbonyl (C=O) groups is 3. The molecule has 2 amide bonds. The predicted octanol–water partition coefficient (Wildman–Crippen LogP) is 5.77. The molecule has 0 spiro atoms. The van der Waals surface area contributed by atoms with Crippen LogP contribution < -0.4 is 16.4 Å². The quantitative estimate of drug-likeness (QED) is 0.205. The summed E-state index contributed by atoms with van der Waals surface area (Å²) >= 11 is 0. The first-order valence-corrected chi connectivity index (χ1v) is 17.2. The molecular formula is C36H59N3O4. The third-order valence-electron chi connectivity index (χ3n) is 14.6. The molecule has 1 unspecified atom stereocenters. The maximum atomic E-state index is 14.2. The second kappa shape index (κ2) is 11.2. The van der Waals surface area contributed by atoms with Crippen LogP contribution in [0.25, 0.3) is 0 Å². The highest BCUT2D eigenvalue weighted by molar-refractivity contribution is 5.84. The smallest absolute Gasteiger partial charge is 0.302 e. The third kappa shape index (κ3) is 4.80. The minimum atomic E-state index is -0.385. The van der Waals surface area contributed by atoms with Crippen LogP contribution in [0.4, 0.5) is 0 Å². The van der Waals surface area contributed by atoms with Gasteiger partial charge in [0.15, 0.2) is 0 Å². The van der Waals surface area contributed by atoms with Gasteiger partial charge in [-0.1, -0.05) is 60.1 Å². The number of ether oxygens (including phenoxy) is 1. The largest absolute Gasteiger partial charge is 0.462 e. The van der Waals surface area contributed by atoms with Crippen molar-refractivity contribution < 1.29 is 19.1 Å². The first-order chi connectivity index (χ1) is 20.1. The Kier molecular flexibility index (Phi) is 8.44. The van der Waals surface area contributed by atoms with E-state index in [-0.39, 0.29) is 63.4 Å². The summed E-state index contributed by atoms with van der Waals surface area (Å²) in [6.07, 6.45) is 12.0. The van der Waals surface area contributed by atoms with Gasteiger partial charge in [0.2, 0.25) is 11.8 Å². The average Bonchev–Trinajstić information content (AvgIpc) is 2.94. The van der Waals surface area contributed by atoms with Crippen LogP contribution in [0.3, 0.4) is 0 Å². The standard InChI is InChI=1S/C36H59N3O4/c1-22-11-16-36(31(42)39-20-19-38-29(41)21-37)18-17-34(7)25(30(36)23(22)2)9-10-27-33(6)14-13-28(43-24(3)40)32(4,5)26(33)12-15-35(27,34)8/h9,22-23,26-28,30H,10-21,37H2,1-8H3,(H,38,41)(H,39,42)/t22-,23+,26+,27?,28+,30+,33+,34-,35-,36+/m1/s1. The van der Waals surface area contributed by atoms with Crippen LogP contribution in [0.1, 0.15) is 113 Å². The zero-order chi connectivity index (χ0) is 31.6. The molecule has 242 valence electrons. The van der Waals surface area contributed by atoms with Gasteiger partial charge in [0, 0.05) is 25.4 Å². The monoisotopic (exact) mass is 597 g/mol. The molecule has 0 bridgehead atoms. The predicted molar refractivity (Wildman–Crippen MR) is 170 cm³/mol. The Balaban J connectivity index is 1.47. The van der Waals surface area contributed by atoms with Crippen LogP contribution in [0.5, 0.6) is 0 Å². The molecule has 0 saturated heterocycles. The molecular weight excluding hydrogens is 538 g/mol. The van der Waals surface area contributed by atoms with Crippen molar-refractivity contribution in [1.29, 1.82) is 0 Å². The van der Waals surface area contributed by atoms with Gasteiger partial charge in [-0.15, -0.1) is 0 Å². The molecule has 7 heteroatoms. The van der Waals surface area contributed by atoms with E-state index in [2.05, 4.69) is 65.2 Å². The number of allylic oxidation sites excluding steroid dienone is 2. The molecule has 0 aromatic heterocycles. The lowest BCUT2D eigenvalue weighted by atomic mass is 9.33. The van der Waals surface area contributed by atoms with Gasteiger partial charge in [0.25, 0.3) is 0 Å². The molecule has 4 saturated carbocycles. The van der Waals surface area contributed by atoms with Gasteiger partial charge in [-0.2, -0.15) is 0 Å². The number of hydrogen-bond donors (Lipinski definition) is 3. The fraction of sp³-hybridized carbons (Fsp3) is 0.861. The number of hydrogen-bond acceptors (Lipinski definition) is 5. The van der Waals surface area contributed by atoms with Crippen molar-refractivity contribution in [3.05, 3.63) is 11.6 Å². The highest BCUT2D eigenvalue weighted by Crippen LogP contribution is 2.75. The topological polar surface area (TPSA) is 111 Å². The Labute approximate surface area is 260 Å². The summed E-state index contributed by atoms with van der Waals surface area (Å²) in [4.78, 5) is 37.8. The SMILES string of the molecule is CC(=O)O[C@H]1CC[C@]2(C)C3CC=C4[C@@H]5[C@@H](C)[C@H](C)CC[C@]5(C(=O)NCCNC(=O)CN)CC[C@@]4(C)[C@]3(C)CC[C@H]2C1(C)C.